The van der Waals surface area contributed by atoms with Crippen molar-refractivity contribution in [2.45, 2.75) is 44.9 Å². The third kappa shape index (κ3) is 4.25. The highest BCUT2D eigenvalue weighted by Gasteiger charge is 2.39. The number of carboxylic acid groups (broad SMARTS) is 1. The number of urea groups is 1. The molecule has 1 fully saturated rings. The Kier molecular flexibility index (Phi) is 5.04. The molecule has 5 heteroatoms. The molecule has 0 aromatic heterocycles. The normalized spacial score (nSPS) is 23.7. The number of hydrogen-bond acceptors (Lipinski definition) is 2. The van der Waals surface area contributed by atoms with E-state index in [-0.39, 0.29) is 17.9 Å². The lowest BCUT2D eigenvalue weighted by atomic mass is 9.66. The number of aliphatic carboxylic acids is 1. The minimum Gasteiger partial charge on any atom is -0.481 e. The maximum Gasteiger partial charge on any atom is 0.314 e. The molecule has 0 aromatic carbocycles. The predicted molar refractivity (Wildman–Crippen MR) is 76.4 cm³/mol. The lowest BCUT2D eigenvalue weighted by Gasteiger charge is -2.40. The first-order chi connectivity index (χ1) is 9.60. The third-order valence-corrected chi connectivity index (χ3v) is 4.49. The molecular formula is C15H24N2O3. The molecule has 2 aliphatic carbocycles. The second-order valence-electron chi connectivity index (χ2n) is 6.14. The van der Waals surface area contributed by atoms with Gasteiger partial charge in [0.25, 0.3) is 0 Å². The minimum atomic E-state index is -0.777. The molecular weight excluding hydrogens is 256 g/mol. The second kappa shape index (κ2) is 6.77. The van der Waals surface area contributed by atoms with E-state index >= 15 is 0 Å². The summed E-state index contributed by atoms with van der Waals surface area (Å²) in [5.41, 5.74) is -0.212. The van der Waals surface area contributed by atoms with Gasteiger partial charge in [0.05, 0.1) is 6.42 Å². The van der Waals surface area contributed by atoms with Crippen molar-refractivity contribution in [1.82, 2.24) is 10.6 Å². The van der Waals surface area contributed by atoms with Crippen LogP contribution in [0.15, 0.2) is 12.2 Å². The van der Waals surface area contributed by atoms with Gasteiger partial charge in [0, 0.05) is 13.1 Å². The topological polar surface area (TPSA) is 78.4 Å². The van der Waals surface area contributed by atoms with E-state index in [9.17, 15) is 9.59 Å². The van der Waals surface area contributed by atoms with Crippen LogP contribution in [-0.4, -0.2) is 30.2 Å². The van der Waals surface area contributed by atoms with Gasteiger partial charge in [-0.2, -0.15) is 0 Å². The quantitative estimate of drug-likeness (QED) is 0.653. The Morgan fingerprint density at radius 1 is 1.25 bits per heavy atom. The maximum absolute atomic E-state index is 11.8. The van der Waals surface area contributed by atoms with Crippen molar-refractivity contribution in [2.24, 2.45) is 11.3 Å². The number of carboxylic acids is 1. The highest BCUT2D eigenvalue weighted by Crippen LogP contribution is 2.43. The molecule has 0 saturated heterocycles. The first-order valence-electron chi connectivity index (χ1n) is 7.48. The summed E-state index contributed by atoms with van der Waals surface area (Å²) in [4.78, 5) is 22.6. The highest BCUT2D eigenvalue weighted by atomic mass is 16.4. The third-order valence-electron chi connectivity index (χ3n) is 4.49. The monoisotopic (exact) mass is 280 g/mol. The number of amides is 2. The Morgan fingerprint density at radius 2 is 2.05 bits per heavy atom. The van der Waals surface area contributed by atoms with E-state index in [1.807, 2.05) is 0 Å². The maximum atomic E-state index is 11.8. The van der Waals surface area contributed by atoms with Crippen LogP contribution < -0.4 is 10.6 Å². The molecule has 2 rings (SSSR count). The van der Waals surface area contributed by atoms with Crippen LogP contribution in [0.1, 0.15) is 44.9 Å². The molecule has 1 unspecified atom stereocenters. The molecule has 0 radical (unpaired) electrons. The average molecular weight is 280 g/mol. The van der Waals surface area contributed by atoms with Crippen LogP contribution >= 0.6 is 0 Å². The van der Waals surface area contributed by atoms with Crippen molar-refractivity contribution in [3.8, 4) is 0 Å². The fraction of sp³-hybridized carbons (Fsp3) is 0.733. The van der Waals surface area contributed by atoms with Crippen LogP contribution in [0.3, 0.4) is 0 Å². The number of nitrogens with one attached hydrogen (secondary N) is 2. The summed E-state index contributed by atoms with van der Waals surface area (Å²) in [5, 5.41) is 14.7. The molecule has 1 saturated carbocycles. The Labute approximate surface area is 119 Å². The lowest BCUT2D eigenvalue weighted by Crippen LogP contribution is -2.47. The Bertz CT molecular complexity index is 389. The molecule has 1 atom stereocenters. The standard InChI is InChI=1S/C15H24N2O3/c18-13(19)9-15(7-4-8-15)11-17-14(20)16-10-12-5-2-1-3-6-12/h1-2,12H,3-11H2,(H,18,19)(H2,16,17,20). The van der Waals surface area contributed by atoms with Crippen LogP contribution in [0.4, 0.5) is 4.79 Å². The van der Waals surface area contributed by atoms with E-state index in [0.29, 0.717) is 19.0 Å². The number of carbonyl (C=O) groups excluding carboxylic acids is 1. The summed E-state index contributed by atoms with van der Waals surface area (Å²) in [6, 6.07) is -0.170. The predicted octanol–water partition coefficient (Wildman–Crippen LogP) is 2.29. The molecule has 0 aliphatic heterocycles. The summed E-state index contributed by atoms with van der Waals surface area (Å²) in [5.74, 6) is -0.247. The minimum absolute atomic E-state index is 0.153. The van der Waals surface area contributed by atoms with Gasteiger partial charge in [-0.3, -0.25) is 4.79 Å². The molecule has 2 aliphatic rings. The van der Waals surface area contributed by atoms with Crippen molar-refractivity contribution < 1.29 is 14.7 Å². The van der Waals surface area contributed by atoms with Gasteiger partial charge in [-0.25, -0.2) is 4.79 Å². The molecule has 20 heavy (non-hydrogen) atoms. The Balaban J connectivity index is 1.66. The summed E-state index contributed by atoms with van der Waals surface area (Å²) in [6.07, 6.45) is 10.6. The van der Waals surface area contributed by atoms with E-state index in [1.54, 1.807) is 0 Å². The van der Waals surface area contributed by atoms with Crippen LogP contribution in [-0.2, 0) is 4.79 Å². The summed E-state index contributed by atoms with van der Waals surface area (Å²) < 4.78 is 0. The Hall–Kier alpha value is -1.52. The van der Waals surface area contributed by atoms with Crippen molar-refractivity contribution in [1.29, 1.82) is 0 Å². The molecule has 0 spiro atoms. The van der Waals surface area contributed by atoms with E-state index in [1.165, 1.54) is 0 Å². The van der Waals surface area contributed by atoms with E-state index in [0.717, 1.165) is 38.5 Å². The lowest BCUT2D eigenvalue weighted by molar-refractivity contribution is -0.141. The van der Waals surface area contributed by atoms with Gasteiger partial charge >= 0.3 is 12.0 Å². The highest BCUT2D eigenvalue weighted by molar-refractivity contribution is 5.74. The van der Waals surface area contributed by atoms with Gasteiger partial charge in [-0.1, -0.05) is 18.6 Å². The number of allylic oxidation sites excluding steroid dienone is 2. The zero-order chi connectivity index (χ0) is 14.4. The van der Waals surface area contributed by atoms with Crippen LogP contribution in [0.25, 0.3) is 0 Å². The van der Waals surface area contributed by atoms with Crippen LogP contribution in [0.2, 0.25) is 0 Å². The number of rotatable bonds is 6. The SMILES string of the molecule is O=C(O)CC1(CNC(=O)NCC2CC=CCC2)CCC1. The molecule has 5 nitrogen and oxygen atoms in total. The van der Waals surface area contributed by atoms with Crippen molar-refractivity contribution >= 4 is 12.0 Å². The number of hydrogen-bond donors (Lipinski definition) is 3. The van der Waals surface area contributed by atoms with Gasteiger partial charge in [0.2, 0.25) is 0 Å². The Morgan fingerprint density at radius 3 is 2.60 bits per heavy atom. The molecule has 0 heterocycles. The van der Waals surface area contributed by atoms with Crippen molar-refractivity contribution in [3.63, 3.8) is 0 Å². The van der Waals surface area contributed by atoms with Gasteiger partial charge in [0.15, 0.2) is 0 Å². The number of carbonyl (C=O) groups is 2. The smallest absolute Gasteiger partial charge is 0.314 e. The van der Waals surface area contributed by atoms with E-state index < -0.39 is 5.97 Å². The second-order valence-corrected chi connectivity index (χ2v) is 6.14. The van der Waals surface area contributed by atoms with Gasteiger partial charge in [-0.15, -0.1) is 0 Å². The summed E-state index contributed by atoms with van der Waals surface area (Å²) in [7, 11) is 0. The molecule has 0 aromatic rings. The summed E-state index contributed by atoms with van der Waals surface area (Å²) >= 11 is 0. The molecule has 3 N–H and O–H groups in total. The van der Waals surface area contributed by atoms with Gasteiger partial charge < -0.3 is 15.7 Å². The molecule has 112 valence electrons. The summed E-state index contributed by atoms with van der Waals surface area (Å²) in [6.45, 7) is 1.16. The fourth-order valence-corrected chi connectivity index (χ4v) is 3.02. The fourth-order valence-electron chi connectivity index (χ4n) is 3.02. The molecule has 0 bridgehead atoms. The first-order valence-corrected chi connectivity index (χ1v) is 7.48. The van der Waals surface area contributed by atoms with E-state index in [2.05, 4.69) is 22.8 Å². The van der Waals surface area contributed by atoms with Crippen LogP contribution in [0.5, 0.6) is 0 Å². The van der Waals surface area contributed by atoms with Gasteiger partial charge in [0.1, 0.15) is 0 Å². The largest absolute Gasteiger partial charge is 0.481 e. The average Bonchev–Trinajstić information content (AvgIpc) is 2.40. The first kappa shape index (κ1) is 14.9. The molecule has 2 amide bonds. The van der Waals surface area contributed by atoms with Crippen molar-refractivity contribution in [2.75, 3.05) is 13.1 Å². The zero-order valence-electron chi connectivity index (χ0n) is 11.9. The zero-order valence-corrected chi connectivity index (χ0v) is 11.9. The van der Waals surface area contributed by atoms with Crippen LogP contribution in [0, 0.1) is 11.3 Å². The van der Waals surface area contributed by atoms with Crippen molar-refractivity contribution in [3.05, 3.63) is 12.2 Å². The van der Waals surface area contributed by atoms with Gasteiger partial charge in [-0.05, 0) is 43.4 Å². The van der Waals surface area contributed by atoms with E-state index in [4.69, 9.17) is 5.11 Å².